The Kier molecular flexibility index (Phi) is 5.52. The van der Waals surface area contributed by atoms with Crippen LogP contribution in [-0.4, -0.2) is 25.9 Å². The Labute approximate surface area is 158 Å². The van der Waals surface area contributed by atoms with Crippen LogP contribution in [0.2, 0.25) is 0 Å². The molecule has 0 saturated carbocycles. The fourth-order valence-electron chi connectivity index (χ4n) is 2.56. The molecule has 0 radical (unpaired) electrons. The monoisotopic (exact) mass is 359 g/mol. The molecular weight excluding hydrogens is 338 g/mol. The van der Waals surface area contributed by atoms with Crippen LogP contribution in [0.3, 0.4) is 0 Å². The van der Waals surface area contributed by atoms with E-state index in [1.54, 1.807) is 42.5 Å². The molecule has 2 N–H and O–H groups in total. The van der Waals surface area contributed by atoms with Crippen LogP contribution in [0, 0.1) is 0 Å². The zero-order chi connectivity index (χ0) is 19.2. The van der Waals surface area contributed by atoms with Gasteiger partial charge in [0.05, 0.1) is 0 Å². The molecule has 0 saturated heterocycles. The Hall–Kier alpha value is -3.60. The van der Waals surface area contributed by atoms with Crippen molar-refractivity contribution in [1.82, 2.24) is 0 Å². The first-order valence-electron chi connectivity index (χ1n) is 8.58. The Morgan fingerprint density at radius 2 is 1.19 bits per heavy atom. The molecule has 0 spiro atoms. The van der Waals surface area contributed by atoms with Crippen molar-refractivity contribution < 1.29 is 9.59 Å². The summed E-state index contributed by atoms with van der Waals surface area (Å²) in [4.78, 5) is 26.5. The van der Waals surface area contributed by atoms with E-state index in [1.807, 2.05) is 55.4 Å². The van der Waals surface area contributed by atoms with E-state index in [0.717, 1.165) is 5.69 Å². The summed E-state index contributed by atoms with van der Waals surface area (Å²) in [5, 5.41) is 5.70. The summed E-state index contributed by atoms with van der Waals surface area (Å²) in [6.45, 7) is 0. The van der Waals surface area contributed by atoms with Crippen molar-refractivity contribution in [1.29, 1.82) is 0 Å². The third kappa shape index (κ3) is 4.73. The van der Waals surface area contributed by atoms with Gasteiger partial charge >= 0.3 is 0 Å². The minimum absolute atomic E-state index is 0.173. The van der Waals surface area contributed by atoms with Gasteiger partial charge < -0.3 is 15.5 Å². The summed E-state index contributed by atoms with van der Waals surface area (Å²) in [6.07, 6.45) is 0. The molecule has 0 atom stereocenters. The van der Waals surface area contributed by atoms with E-state index < -0.39 is 0 Å². The Morgan fingerprint density at radius 3 is 1.74 bits per heavy atom. The first kappa shape index (κ1) is 18.2. The van der Waals surface area contributed by atoms with Crippen molar-refractivity contribution >= 4 is 28.9 Å². The fourth-order valence-corrected chi connectivity index (χ4v) is 2.56. The maximum Gasteiger partial charge on any atom is 0.255 e. The molecule has 3 rings (SSSR count). The van der Waals surface area contributed by atoms with Gasteiger partial charge in [0.25, 0.3) is 11.8 Å². The lowest BCUT2D eigenvalue weighted by Crippen LogP contribution is -2.14. The number of rotatable bonds is 5. The Balaban J connectivity index is 1.64. The molecule has 0 aliphatic heterocycles. The standard InChI is InChI=1S/C22H21N3O2/c1-25(2)20-10-6-9-17(15-20)22(27)24-19-13-11-18(12-14-19)23-21(26)16-7-4-3-5-8-16/h3-15H,1-2H3,(H,23,26)(H,24,27). The molecule has 3 aromatic rings. The van der Waals surface area contributed by atoms with Gasteiger partial charge in [-0.15, -0.1) is 0 Å². The lowest BCUT2D eigenvalue weighted by molar-refractivity contribution is 0.101. The minimum Gasteiger partial charge on any atom is -0.378 e. The van der Waals surface area contributed by atoms with Gasteiger partial charge in [-0.1, -0.05) is 24.3 Å². The summed E-state index contributed by atoms with van der Waals surface area (Å²) < 4.78 is 0. The first-order valence-corrected chi connectivity index (χ1v) is 8.58. The number of benzene rings is 3. The number of anilines is 3. The second-order valence-electron chi connectivity index (χ2n) is 6.30. The molecule has 27 heavy (non-hydrogen) atoms. The van der Waals surface area contributed by atoms with Crippen LogP contribution in [0.15, 0.2) is 78.9 Å². The molecule has 0 unspecified atom stereocenters. The third-order valence-corrected chi connectivity index (χ3v) is 4.06. The average Bonchev–Trinajstić information content (AvgIpc) is 2.70. The zero-order valence-electron chi connectivity index (χ0n) is 15.3. The van der Waals surface area contributed by atoms with Crippen molar-refractivity contribution in [2.75, 3.05) is 29.6 Å². The van der Waals surface area contributed by atoms with Crippen molar-refractivity contribution in [3.63, 3.8) is 0 Å². The van der Waals surface area contributed by atoms with E-state index in [0.29, 0.717) is 22.5 Å². The fraction of sp³-hybridized carbons (Fsp3) is 0.0909. The topological polar surface area (TPSA) is 61.4 Å². The van der Waals surface area contributed by atoms with Crippen molar-refractivity contribution in [2.45, 2.75) is 0 Å². The second-order valence-corrected chi connectivity index (χ2v) is 6.30. The largest absolute Gasteiger partial charge is 0.378 e. The molecule has 0 aliphatic carbocycles. The molecule has 2 amide bonds. The van der Waals surface area contributed by atoms with Gasteiger partial charge in [0.15, 0.2) is 0 Å². The van der Waals surface area contributed by atoms with Gasteiger partial charge in [-0.2, -0.15) is 0 Å². The maximum absolute atomic E-state index is 12.4. The highest BCUT2D eigenvalue weighted by atomic mass is 16.2. The number of carbonyl (C=O) groups excluding carboxylic acids is 2. The smallest absolute Gasteiger partial charge is 0.255 e. The van der Waals surface area contributed by atoms with Crippen molar-refractivity contribution in [3.05, 3.63) is 90.0 Å². The highest BCUT2D eigenvalue weighted by Gasteiger charge is 2.09. The molecule has 0 heterocycles. The predicted octanol–water partition coefficient (Wildman–Crippen LogP) is 4.26. The number of hydrogen-bond acceptors (Lipinski definition) is 3. The average molecular weight is 359 g/mol. The number of hydrogen-bond donors (Lipinski definition) is 2. The third-order valence-electron chi connectivity index (χ3n) is 4.06. The lowest BCUT2D eigenvalue weighted by atomic mass is 10.1. The van der Waals surface area contributed by atoms with Gasteiger partial charge in [-0.3, -0.25) is 9.59 Å². The SMILES string of the molecule is CN(C)c1cccc(C(=O)Nc2ccc(NC(=O)c3ccccc3)cc2)c1. The molecule has 0 fully saturated rings. The highest BCUT2D eigenvalue weighted by molar-refractivity contribution is 6.06. The zero-order valence-corrected chi connectivity index (χ0v) is 15.3. The van der Waals surface area contributed by atoms with Crippen LogP contribution in [-0.2, 0) is 0 Å². The molecule has 5 heteroatoms. The van der Waals surface area contributed by atoms with Crippen LogP contribution in [0.25, 0.3) is 0 Å². The van der Waals surface area contributed by atoms with E-state index in [1.165, 1.54) is 0 Å². The number of carbonyl (C=O) groups is 2. The van der Waals surface area contributed by atoms with Gasteiger partial charge in [-0.25, -0.2) is 0 Å². The molecule has 3 aromatic carbocycles. The normalized spacial score (nSPS) is 10.1. The maximum atomic E-state index is 12.4. The van der Waals surface area contributed by atoms with Gasteiger partial charge in [0, 0.05) is 42.3 Å². The van der Waals surface area contributed by atoms with Crippen LogP contribution >= 0.6 is 0 Å². The molecule has 0 aliphatic rings. The number of nitrogens with zero attached hydrogens (tertiary/aromatic N) is 1. The molecular formula is C22H21N3O2. The Morgan fingerprint density at radius 1 is 0.667 bits per heavy atom. The number of nitrogens with one attached hydrogen (secondary N) is 2. The van der Waals surface area contributed by atoms with Crippen LogP contribution in [0.5, 0.6) is 0 Å². The van der Waals surface area contributed by atoms with E-state index in [9.17, 15) is 9.59 Å². The molecule has 0 aromatic heterocycles. The van der Waals surface area contributed by atoms with E-state index >= 15 is 0 Å². The summed E-state index contributed by atoms with van der Waals surface area (Å²) in [5.41, 5.74) is 3.46. The summed E-state index contributed by atoms with van der Waals surface area (Å²) in [5.74, 6) is -0.354. The van der Waals surface area contributed by atoms with E-state index in [2.05, 4.69) is 10.6 Å². The van der Waals surface area contributed by atoms with Crippen molar-refractivity contribution in [3.8, 4) is 0 Å². The van der Waals surface area contributed by atoms with Gasteiger partial charge in [0.2, 0.25) is 0 Å². The van der Waals surface area contributed by atoms with E-state index in [4.69, 9.17) is 0 Å². The quantitative estimate of drug-likeness (QED) is 0.716. The minimum atomic E-state index is -0.181. The summed E-state index contributed by atoms with van der Waals surface area (Å²) in [7, 11) is 3.86. The van der Waals surface area contributed by atoms with Crippen LogP contribution in [0.1, 0.15) is 20.7 Å². The van der Waals surface area contributed by atoms with Crippen LogP contribution < -0.4 is 15.5 Å². The predicted molar refractivity (Wildman–Crippen MR) is 110 cm³/mol. The van der Waals surface area contributed by atoms with Crippen LogP contribution in [0.4, 0.5) is 17.1 Å². The molecule has 136 valence electrons. The molecule has 0 bridgehead atoms. The summed E-state index contributed by atoms with van der Waals surface area (Å²) >= 11 is 0. The lowest BCUT2D eigenvalue weighted by Gasteiger charge is -2.13. The van der Waals surface area contributed by atoms with Gasteiger partial charge in [-0.05, 0) is 54.6 Å². The van der Waals surface area contributed by atoms with Gasteiger partial charge in [0.1, 0.15) is 0 Å². The van der Waals surface area contributed by atoms with Crippen molar-refractivity contribution in [2.24, 2.45) is 0 Å². The Bertz CT molecular complexity index is 935. The highest BCUT2D eigenvalue weighted by Crippen LogP contribution is 2.18. The summed E-state index contributed by atoms with van der Waals surface area (Å²) in [6, 6.07) is 23.5. The van der Waals surface area contributed by atoms with E-state index in [-0.39, 0.29) is 11.8 Å². The molecule has 5 nitrogen and oxygen atoms in total. The first-order chi connectivity index (χ1) is 13.0. The second kappa shape index (κ2) is 8.19. The number of amides is 2.